The second kappa shape index (κ2) is 5.89. The number of carbonyl (C=O) groups is 1. The van der Waals surface area contributed by atoms with Crippen LogP contribution in [-0.4, -0.2) is 30.9 Å². The van der Waals surface area contributed by atoms with Crippen molar-refractivity contribution in [1.29, 1.82) is 0 Å². The Kier molecular flexibility index (Phi) is 4.24. The summed E-state index contributed by atoms with van der Waals surface area (Å²) in [5, 5.41) is 3.55. The summed E-state index contributed by atoms with van der Waals surface area (Å²) in [4.78, 5) is 13.4. The van der Waals surface area contributed by atoms with Crippen LogP contribution >= 0.6 is 0 Å². The lowest BCUT2D eigenvalue weighted by atomic mass is 9.95. The number of hydrogen-bond donors (Lipinski definition) is 1. The Bertz CT molecular complexity index is 391. The van der Waals surface area contributed by atoms with Crippen LogP contribution in [0.15, 0.2) is 24.3 Å². The van der Waals surface area contributed by atoms with Crippen molar-refractivity contribution >= 4 is 11.6 Å². The summed E-state index contributed by atoms with van der Waals surface area (Å²) in [7, 11) is 3.55. The zero-order valence-electron chi connectivity index (χ0n) is 11.3. The lowest BCUT2D eigenvalue weighted by Gasteiger charge is -2.24. The SMILES string of the molecule is CN(C)C(=O)c1ccc(NC2CCCCC2)cc1. The van der Waals surface area contributed by atoms with Crippen molar-refractivity contribution in [2.45, 2.75) is 38.1 Å². The van der Waals surface area contributed by atoms with Gasteiger partial charge in [-0.05, 0) is 37.1 Å². The topological polar surface area (TPSA) is 32.3 Å². The summed E-state index contributed by atoms with van der Waals surface area (Å²) in [5.74, 6) is 0.0548. The predicted octanol–water partition coefficient (Wildman–Crippen LogP) is 3.13. The van der Waals surface area contributed by atoms with Crippen molar-refractivity contribution in [2.75, 3.05) is 19.4 Å². The molecule has 0 atom stereocenters. The van der Waals surface area contributed by atoms with Gasteiger partial charge in [0, 0.05) is 31.4 Å². The van der Waals surface area contributed by atoms with E-state index >= 15 is 0 Å². The molecular formula is C15H22N2O. The first-order chi connectivity index (χ1) is 8.66. The van der Waals surface area contributed by atoms with Crippen LogP contribution in [-0.2, 0) is 0 Å². The van der Waals surface area contributed by atoms with Gasteiger partial charge in [0.25, 0.3) is 5.91 Å². The predicted molar refractivity (Wildman–Crippen MR) is 75.0 cm³/mol. The van der Waals surface area contributed by atoms with Gasteiger partial charge in [-0.25, -0.2) is 0 Å². The van der Waals surface area contributed by atoms with E-state index < -0.39 is 0 Å². The summed E-state index contributed by atoms with van der Waals surface area (Å²) in [6.07, 6.45) is 6.55. The van der Waals surface area contributed by atoms with Crippen LogP contribution in [0.5, 0.6) is 0 Å². The Labute approximate surface area is 109 Å². The van der Waals surface area contributed by atoms with E-state index in [1.807, 2.05) is 24.3 Å². The largest absolute Gasteiger partial charge is 0.382 e. The minimum atomic E-state index is 0.0548. The molecule has 3 heteroatoms. The van der Waals surface area contributed by atoms with E-state index in [-0.39, 0.29) is 5.91 Å². The van der Waals surface area contributed by atoms with E-state index in [0.717, 1.165) is 11.3 Å². The minimum absolute atomic E-state index is 0.0548. The molecule has 1 N–H and O–H groups in total. The molecule has 0 radical (unpaired) electrons. The van der Waals surface area contributed by atoms with Gasteiger partial charge in [0.2, 0.25) is 0 Å². The van der Waals surface area contributed by atoms with Crippen LogP contribution in [0.1, 0.15) is 42.5 Å². The van der Waals surface area contributed by atoms with Crippen LogP contribution in [0.25, 0.3) is 0 Å². The standard InChI is InChI=1S/C15H22N2O/c1-17(2)15(18)12-8-10-14(11-9-12)16-13-6-4-3-5-7-13/h8-11,13,16H,3-7H2,1-2H3. The van der Waals surface area contributed by atoms with Gasteiger partial charge in [-0.2, -0.15) is 0 Å². The van der Waals surface area contributed by atoms with Gasteiger partial charge in [-0.15, -0.1) is 0 Å². The molecule has 0 unspecified atom stereocenters. The van der Waals surface area contributed by atoms with Gasteiger partial charge in [0.15, 0.2) is 0 Å². The fourth-order valence-electron chi connectivity index (χ4n) is 2.45. The summed E-state index contributed by atoms with van der Waals surface area (Å²) in [6.45, 7) is 0. The molecule has 1 saturated carbocycles. The first-order valence-corrected chi connectivity index (χ1v) is 6.75. The smallest absolute Gasteiger partial charge is 0.253 e. The van der Waals surface area contributed by atoms with E-state index in [1.165, 1.54) is 32.1 Å². The molecule has 1 aromatic rings. The lowest BCUT2D eigenvalue weighted by Crippen LogP contribution is -2.23. The van der Waals surface area contributed by atoms with E-state index in [4.69, 9.17) is 0 Å². The number of hydrogen-bond acceptors (Lipinski definition) is 2. The van der Waals surface area contributed by atoms with Gasteiger partial charge >= 0.3 is 0 Å². The van der Waals surface area contributed by atoms with Gasteiger partial charge in [-0.1, -0.05) is 19.3 Å². The first-order valence-electron chi connectivity index (χ1n) is 6.75. The maximum Gasteiger partial charge on any atom is 0.253 e. The Hall–Kier alpha value is -1.51. The molecular weight excluding hydrogens is 224 g/mol. The molecule has 1 amide bonds. The van der Waals surface area contributed by atoms with Crippen molar-refractivity contribution < 1.29 is 4.79 Å². The highest BCUT2D eigenvalue weighted by molar-refractivity contribution is 5.94. The Balaban J connectivity index is 1.96. The zero-order valence-corrected chi connectivity index (χ0v) is 11.3. The van der Waals surface area contributed by atoms with Gasteiger partial charge < -0.3 is 10.2 Å². The Morgan fingerprint density at radius 3 is 2.28 bits per heavy atom. The van der Waals surface area contributed by atoms with Gasteiger partial charge in [0.1, 0.15) is 0 Å². The molecule has 1 aromatic carbocycles. The third kappa shape index (κ3) is 3.25. The molecule has 2 rings (SSSR count). The van der Waals surface area contributed by atoms with Crippen LogP contribution in [0, 0.1) is 0 Å². The van der Waals surface area contributed by atoms with Crippen molar-refractivity contribution in [3.05, 3.63) is 29.8 Å². The van der Waals surface area contributed by atoms with Crippen molar-refractivity contribution in [3.8, 4) is 0 Å². The maximum atomic E-state index is 11.8. The minimum Gasteiger partial charge on any atom is -0.382 e. The maximum absolute atomic E-state index is 11.8. The third-order valence-corrected chi connectivity index (χ3v) is 3.51. The third-order valence-electron chi connectivity index (χ3n) is 3.51. The fraction of sp³-hybridized carbons (Fsp3) is 0.533. The average Bonchev–Trinajstić information content (AvgIpc) is 2.40. The summed E-state index contributed by atoms with van der Waals surface area (Å²) in [5.41, 5.74) is 1.87. The van der Waals surface area contributed by atoms with Crippen molar-refractivity contribution in [3.63, 3.8) is 0 Å². The summed E-state index contributed by atoms with van der Waals surface area (Å²) >= 11 is 0. The number of nitrogens with zero attached hydrogens (tertiary/aromatic N) is 1. The lowest BCUT2D eigenvalue weighted by molar-refractivity contribution is 0.0827. The molecule has 0 bridgehead atoms. The summed E-state index contributed by atoms with van der Waals surface area (Å²) < 4.78 is 0. The Morgan fingerprint density at radius 2 is 1.72 bits per heavy atom. The molecule has 98 valence electrons. The van der Waals surface area contributed by atoms with Crippen molar-refractivity contribution in [1.82, 2.24) is 4.90 Å². The normalized spacial score (nSPS) is 16.3. The number of anilines is 1. The molecule has 0 spiro atoms. The number of benzene rings is 1. The molecule has 18 heavy (non-hydrogen) atoms. The number of amides is 1. The van der Waals surface area contributed by atoms with E-state index in [1.54, 1.807) is 19.0 Å². The highest BCUT2D eigenvalue weighted by Gasteiger charge is 2.13. The van der Waals surface area contributed by atoms with Crippen LogP contribution < -0.4 is 5.32 Å². The monoisotopic (exact) mass is 246 g/mol. The second-order valence-electron chi connectivity index (χ2n) is 5.26. The van der Waals surface area contributed by atoms with Crippen molar-refractivity contribution in [2.24, 2.45) is 0 Å². The van der Waals surface area contributed by atoms with Crippen LogP contribution in [0.4, 0.5) is 5.69 Å². The molecule has 1 aliphatic rings. The molecule has 0 aliphatic heterocycles. The number of carbonyl (C=O) groups excluding carboxylic acids is 1. The van der Waals surface area contributed by atoms with Crippen LogP contribution in [0.3, 0.4) is 0 Å². The average molecular weight is 246 g/mol. The molecule has 0 aromatic heterocycles. The zero-order chi connectivity index (χ0) is 13.0. The van der Waals surface area contributed by atoms with E-state index in [9.17, 15) is 4.79 Å². The molecule has 0 heterocycles. The van der Waals surface area contributed by atoms with Crippen LogP contribution in [0.2, 0.25) is 0 Å². The fourth-order valence-corrected chi connectivity index (χ4v) is 2.45. The second-order valence-corrected chi connectivity index (χ2v) is 5.26. The molecule has 0 saturated heterocycles. The van der Waals surface area contributed by atoms with E-state index in [2.05, 4.69) is 5.32 Å². The number of nitrogens with one attached hydrogen (secondary N) is 1. The highest BCUT2D eigenvalue weighted by atomic mass is 16.2. The molecule has 1 fully saturated rings. The number of rotatable bonds is 3. The Morgan fingerprint density at radius 1 is 1.11 bits per heavy atom. The highest BCUT2D eigenvalue weighted by Crippen LogP contribution is 2.21. The molecule has 1 aliphatic carbocycles. The quantitative estimate of drug-likeness (QED) is 0.888. The molecule has 3 nitrogen and oxygen atoms in total. The van der Waals surface area contributed by atoms with Gasteiger partial charge in [-0.3, -0.25) is 4.79 Å². The first kappa shape index (κ1) is 12.9. The van der Waals surface area contributed by atoms with Gasteiger partial charge in [0.05, 0.1) is 0 Å². The summed E-state index contributed by atoms with van der Waals surface area (Å²) in [6, 6.07) is 8.41. The van der Waals surface area contributed by atoms with E-state index in [0.29, 0.717) is 6.04 Å².